The van der Waals surface area contributed by atoms with Gasteiger partial charge in [0.15, 0.2) is 5.75 Å². The topological polar surface area (TPSA) is 207 Å². The van der Waals surface area contributed by atoms with Gasteiger partial charge in [0.05, 0.1) is 33.9 Å². The van der Waals surface area contributed by atoms with Crippen molar-refractivity contribution in [3.63, 3.8) is 0 Å². The van der Waals surface area contributed by atoms with Crippen LogP contribution in [0.3, 0.4) is 0 Å². The number of anilines is 2. The van der Waals surface area contributed by atoms with E-state index in [-0.39, 0.29) is 53.0 Å². The van der Waals surface area contributed by atoms with E-state index in [0.29, 0.717) is 60.0 Å². The van der Waals surface area contributed by atoms with E-state index in [9.17, 15) is 22.8 Å². The first-order valence-electron chi connectivity index (χ1n) is 20.6. The Morgan fingerprint density at radius 3 is 2.51 bits per heavy atom. The lowest BCUT2D eigenvalue weighted by Crippen LogP contribution is -2.44. The van der Waals surface area contributed by atoms with Crippen molar-refractivity contribution < 1.29 is 27.1 Å². The van der Waals surface area contributed by atoms with Crippen LogP contribution in [-0.4, -0.2) is 107 Å². The number of sulfonamides is 1. The molecule has 0 unspecified atom stereocenters. The normalized spacial score (nSPS) is 19.0. The molecule has 4 aromatic heterocycles. The van der Waals surface area contributed by atoms with Crippen molar-refractivity contribution in [1.82, 2.24) is 53.4 Å². The number of nitrogens with one attached hydrogen (secondary N) is 3. The van der Waals surface area contributed by atoms with Crippen LogP contribution in [0.4, 0.5) is 16.0 Å². The molecule has 3 aliphatic rings. The van der Waals surface area contributed by atoms with Crippen molar-refractivity contribution in [3.05, 3.63) is 77.0 Å². The van der Waals surface area contributed by atoms with E-state index in [0.717, 1.165) is 49.6 Å². The molecular weight excluding hydrogens is 808 g/mol. The van der Waals surface area contributed by atoms with Crippen LogP contribution in [0.5, 0.6) is 5.75 Å². The fourth-order valence-corrected chi connectivity index (χ4v) is 10.5. The highest BCUT2D eigenvalue weighted by Crippen LogP contribution is 2.36. The number of fused-ring (bicyclic) bond motifs is 2. The number of hydrogen-bond acceptors (Lipinski definition) is 12. The molecule has 0 radical (unpaired) electrons. The molecule has 20 heteroatoms. The molecule has 9 rings (SSSR count). The molecule has 3 fully saturated rings. The standard InChI is InChI=1S/C41H47FN12O6S/c1-24(2)60-37-35(27-20-44-45-21-27)43-23-53-38(37)48-40(49-53)46-31-8-7-28(19-30(31)42)61(58,59)52-17-11-25(12-18-52)22-51-15-13-26(14-16-51)29-5-4-6-32-36(29)50(3)41(57)54(32)33-9-10-34(55)47-39(33)56/h4-8,19-21,23-26,33H,9-18,22H2,1-3H3,(H,44,45)(H,46,49)(H,47,55,56)/t33-/m1/s1. The third kappa shape index (κ3) is 7.67. The van der Waals surface area contributed by atoms with Gasteiger partial charge in [-0.15, -0.1) is 5.10 Å². The molecule has 2 aromatic carbocycles. The van der Waals surface area contributed by atoms with Gasteiger partial charge in [-0.1, -0.05) is 12.1 Å². The number of ether oxygens (including phenoxy) is 1. The van der Waals surface area contributed by atoms with Gasteiger partial charge >= 0.3 is 5.69 Å². The fourth-order valence-electron chi connectivity index (χ4n) is 9.00. The highest BCUT2D eigenvalue weighted by Gasteiger charge is 2.34. The van der Waals surface area contributed by atoms with Crippen molar-refractivity contribution >= 4 is 50.2 Å². The second-order valence-corrected chi connectivity index (χ2v) is 18.3. The number of carbonyl (C=O) groups excluding carboxylic acids is 2. The Hall–Kier alpha value is -5.99. The number of aromatic amines is 1. The summed E-state index contributed by atoms with van der Waals surface area (Å²) in [4.78, 5) is 49.3. The molecular formula is C41H47FN12O6S. The van der Waals surface area contributed by atoms with Crippen molar-refractivity contribution in [1.29, 1.82) is 0 Å². The van der Waals surface area contributed by atoms with Crippen molar-refractivity contribution in [2.45, 2.75) is 75.3 Å². The predicted octanol–water partition coefficient (Wildman–Crippen LogP) is 4.10. The number of benzene rings is 2. The van der Waals surface area contributed by atoms with Crippen LogP contribution in [-0.2, 0) is 26.7 Å². The highest BCUT2D eigenvalue weighted by atomic mass is 32.2. The summed E-state index contributed by atoms with van der Waals surface area (Å²) in [7, 11) is -2.21. The minimum atomic E-state index is -3.95. The van der Waals surface area contributed by atoms with Crippen LogP contribution in [0.2, 0.25) is 0 Å². The first-order chi connectivity index (χ1) is 29.3. The van der Waals surface area contributed by atoms with Crippen LogP contribution >= 0.6 is 0 Å². The number of imide groups is 1. The van der Waals surface area contributed by atoms with Crippen LogP contribution in [0.1, 0.15) is 69.9 Å². The molecule has 1 atom stereocenters. The van der Waals surface area contributed by atoms with Crippen molar-refractivity contribution in [3.8, 4) is 17.0 Å². The molecule has 0 spiro atoms. The number of rotatable bonds is 11. The summed E-state index contributed by atoms with van der Waals surface area (Å²) in [5, 5.41) is 16.4. The average molecular weight is 855 g/mol. The van der Waals surface area contributed by atoms with Gasteiger partial charge in [-0.25, -0.2) is 22.6 Å². The van der Waals surface area contributed by atoms with Crippen LogP contribution in [0.25, 0.3) is 27.9 Å². The largest absolute Gasteiger partial charge is 0.485 e. The second-order valence-electron chi connectivity index (χ2n) is 16.4. The van der Waals surface area contributed by atoms with Gasteiger partial charge in [0.25, 0.3) is 0 Å². The van der Waals surface area contributed by atoms with E-state index in [1.54, 1.807) is 24.0 Å². The third-order valence-electron chi connectivity index (χ3n) is 12.1. The first-order valence-corrected chi connectivity index (χ1v) is 22.0. The molecule has 61 heavy (non-hydrogen) atoms. The van der Waals surface area contributed by atoms with Crippen LogP contribution in [0, 0.1) is 11.7 Å². The summed E-state index contributed by atoms with van der Waals surface area (Å²) in [5.41, 5.74) is 3.92. The summed E-state index contributed by atoms with van der Waals surface area (Å²) < 4.78 is 55.1. The summed E-state index contributed by atoms with van der Waals surface area (Å²) in [6, 6.07) is 8.93. The van der Waals surface area contributed by atoms with E-state index in [1.807, 2.05) is 26.0 Å². The SMILES string of the molecule is CC(C)Oc1c(-c2cn[nH]c2)ncn2nc(Nc3ccc(S(=O)(=O)N4CCC(CN5CCC(c6cccc7c6n(C)c(=O)n7[C@@H]6CCC(=O)NC6=O)CC5)CC4)cc3F)nc12. The number of hydrogen-bond donors (Lipinski definition) is 3. The van der Waals surface area contributed by atoms with Gasteiger partial charge in [0.1, 0.15) is 23.9 Å². The Bertz CT molecular complexity index is 2800. The first kappa shape index (κ1) is 40.4. The Morgan fingerprint density at radius 2 is 1.80 bits per heavy atom. The molecule has 3 N–H and O–H groups in total. The van der Waals surface area contributed by atoms with Crippen molar-refractivity contribution in [2.24, 2.45) is 13.0 Å². The third-order valence-corrected chi connectivity index (χ3v) is 14.0. The quantitative estimate of drug-likeness (QED) is 0.158. The summed E-state index contributed by atoms with van der Waals surface area (Å²) >= 11 is 0. The maximum absolute atomic E-state index is 15.6. The number of halogens is 1. The molecule has 18 nitrogen and oxygen atoms in total. The lowest BCUT2D eigenvalue weighted by Gasteiger charge is -2.37. The zero-order chi connectivity index (χ0) is 42.6. The maximum Gasteiger partial charge on any atom is 0.329 e. The number of H-pyrrole nitrogens is 1. The van der Waals surface area contributed by atoms with Crippen LogP contribution < -0.4 is 21.1 Å². The molecule has 3 saturated heterocycles. The molecule has 0 aliphatic carbocycles. The number of amides is 2. The zero-order valence-electron chi connectivity index (χ0n) is 34.0. The highest BCUT2D eigenvalue weighted by molar-refractivity contribution is 7.89. The molecule has 0 saturated carbocycles. The number of para-hydroxylation sites is 1. The van der Waals surface area contributed by atoms with Gasteiger partial charge in [-0.2, -0.15) is 18.9 Å². The smallest absolute Gasteiger partial charge is 0.329 e. The Kier molecular flexibility index (Phi) is 10.7. The van der Waals surface area contributed by atoms with E-state index in [2.05, 4.69) is 46.9 Å². The molecule has 6 aromatic rings. The van der Waals surface area contributed by atoms with Crippen molar-refractivity contribution in [2.75, 3.05) is 38.0 Å². The Morgan fingerprint density at radius 1 is 1.02 bits per heavy atom. The lowest BCUT2D eigenvalue weighted by molar-refractivity contribution is -0.135. The lowest BCUT2D eigenvalue weighted by atomic mass is 9.87. The summed E-state index contributed by atoms with van der Waals surface area (Å²) in [6.45, 7) is 7.01. The van der Waals surface area contributed by atoms with E-state index in [1.165, 1.54) is 31.8 Å². The summed E-state index contributed by atoms with van der Waals surface area (Å²) in [5.74, 6) is -0.536. The van der Waals surface area contributed by atoms with Crippen LogP contribution in [0.15, 0.2) is 64.8 Å². The molecule has 0 bridgehead atoms. The fraction of sp³-hybridized carbons (Fsp3) is 0.439. The number of likely N-dealkylation sites (tertiary alicyclic amines) is 1. The maximum atomic E-state index is 15.6. The predicted molar refractivity (Wildman–Crippen MR) is 222 cm³/mol. The molecule has 3 aliphatic heterocycles. The number of carbonyl (C=O) groups is 2. The van der Waals surface area contributed by atoms with Gasteiger partial charge in [0.2, 0.25) is 33.4 Å². The zero-order valence-corrected chi connectivity index (χ0v) is 34.9. The number of aromatic nitrogens is 8. The second kappa shape index (κ2) is 16.1. The van der Waals surface area contributed by atoms with E-state index < -0.39 is 27.8 Å². The average Bonchev–Trinajstić information content (AvgIpc) is 3.98. The number of piperidine rings is 3. The van der Waals surface area contributed by atoms with Gasteiger partial charge in [0, 0.05) is 44.9 Å². The minimum absolute atomic E-state index is 0.0121. The monoisotopic (exact) mass is 854 g/mol. The van der Waals surface area contributed by atoms with Gasteiger partial charge < -0.3 is 15.0 Å². The Balaban J connectivity index is 0.809. The molecule has 320 valence electrons. The van der Waals surface area contributed by atoms with Gasteiger partial charge in [-0.05, 0) is 101 Å². The van der Waals surface area contributed by atoms with E-state index >= 15 is 4.39 Å². The minimum Gasteiger partial charge on any atom is -0.485 e. The molecule has 2 amide bonds. The number of imidazole rings is 1. The van der Waals surface area contributed by atoms with Gasteiger partial charge in [-0.3, -0.25) is 29.1 Å². The Labute approximate surface area is 350 Å². The summed E-state index contributed by atoms with van der Waals surface area (Å²) in [6.07, 6.45) is 8.23. The number of aryl methyl sites for hydroxylation is 1. The van der Waals surface area contributed by atoms with E-state index in [4.69, 9.17) is 4.74 Å². The number of nitrogens with zero attached hydrogens (tertiary/aromatic N) is 9. The molecule has 7 heterocycles.